The monoisotopic (exact) mass is 462 g/mol. The molecule has 0 spiro atoms. The average molecular weight is 462 g/mol. The van der Waals surface area contributed by atoms with Crippen molar-refractivity contribution in [1.29, 1.82) is 0 Å². The molecule has 0 amide bonds. The van der Waals surface area contributed by atoms with Crippen LogP contribution in [0.5, 0.6) is 0 Å². The highest BCUT2D eigenvalue weighted by Crippen LogP contribution is 2.21. The molecule has 0 unspecified atom stereocenters. The van der Waals surface area contributed by atoms with Crippen molar-refractivity contribution in [3.05, 3.63) is 34.4 Å². The van der Waals surface area contributed by atoms with Crippen molar-refractivity contribution in [1.82, 2.24) is 0 Å². The van der Waals surface area contributed by atoms with Crippen molar-refractivity contribution < 1.29 is 58.4 Å². The third kappa shape index (κ3) is 11.5. The number of carbonyl (C=O) groups is 2. The number of rotatable bonds is 20. The number of hydrogen-bond donors (Lipinski definition) is 4. The van der Waals surface area contributed by atoms with Crippen molar-refractivity contribution in [2.45, 2.75) is 26.1 Å². The zero-order chi connectivity index (χ0) is 23.6. The third-order valence-corrected chi connectivity index (χ3v) is 3.85. The number of aliphatic hydroxyl groups excluding tert-OH is 2. The Labute approximate surface area is 185 Å². The minimum Gasteiger partial charge on any atom is -0.478 e. The lowest BCUT2D eigenvalue weighted by molar-refractivity contribution is -0.136. The van der Waals surface area contributed by atoms with E-state index in [0.717, 1.165) is 0 Å². The second kappa shape index (κ2) is 17.4. The second-order valence-corrected chi connectivity index (χ2v) is 6.33. The summed E-state index contributed by atoms with van der Waals surface area (Å²) in [6.07, 6.45) is 0.954. The number of carboxylic acid groups (broad SMARTS) is 2. The number of aliphatic hydroxyl groups is 2. The van der Waals surface area contributed by atoms with Gasteiger partial charge < -0.3 is 48.8 Å². The lowest BCUT2D eigenvalue weighted by Gasteiger charge is -2.14. The van der Waals surface area contributed by atoms with Gasteiger partial charge in [-0.15, -0.1) is 0 Å². The Kier molecular flexibility index (Phi) is 15.2. The van der Waals surface area contributed by atoms with Crippen LogP contribution in [0.15, 0.2) is 12.1 Å². The fourth-order valence-corrected chi connectivity index (χ4v) is 2.41. The zero-order valence-electron chi connectivity index (χ0n) is 17.7. The van der Waals surface area contributed by atoms with E-state index in [0.29, 0.717) is 31.6 Å². The first kappa shape index (κ1) is 27.9. The van der Waals surface area contributed by atoms with Gasteiger partial charge in [0.25, 0.3) is 0 Å². The maximum Gasteiger partial charge on any atom is 0.336 e. The van der Waals surface area contributed by atoms with Crippen LogP contribution in [0.2, 0.25) is 0 Å². The minimum atomic E-state index is -1.31. The highest BCUT2D eigenvalue weighted by molar-refractivity contribution is 5.97. The average Bonchev–Trinajstić information content (AvgIpc) is 2.77. The second-order valence-electron chi connectivity index (χ2n) is 6.33. The molecular formula is C20H30O12. The van der Waals surface area contributed by atoms with Crippen LogP contribution in [-0.4, -0.2) is 86.0 Å². The van der Waals surface area contributed by atoms with Gasteiger partial charge in [0.05, 0.1) is 37.6 Å². The first-order valence-electron chi connectivity index (χ1n) is 9.81. The molecule has 1 rings (SSSR count). The summed E-state index contributed by atoms with van der Waals surface area (Å²) in [5, 5.41) is 36.3. The summed E-state index contributed by atoms with van der Waals surface area (Å²) in [6, 6.07) is 2.62. The smallest absolute Gasteiger partial charge is 0.336 e. The number of ether oxygens (including phenoxy) is 6. The summed E-state index contributed by atoms with van der Waals surface area (Å²) >= 11 is 0. The third-order valence-electron chi connectivity index (χ3n) is 3.85. The summed E-state index contributed by atoms with van der Waals surface area (Å²) in [5.74, 6) is -2.62. The minimum absolute atomic E-state index is 0.000328. The number of hydrogen-bond acceptors (Lipinski definition) is 10. The summed E-state index contributed by atoms with van der Waals surface area (Å²) in [4.78, 5) is 23.3. The SMILES string of the molecule is O=C(O)c1cc(COCOCOCCCO)cc(C(=O)O)c1COCOCOCCCO. The molecule has 0 atom stereocenters. The first-order chi connectivity index (χ1) is 15.5. The molecule has 12 nitrogen and oxygen atoms in total. The topological polar surface area (TPSA) is 170 Å². The summed E-state index contributed by atoms with van der Waals surface area (Å²) in [5.41, 5.74) is -0.124. The Bertz CT molecular complexity index is 644. The van der Waals surface area contributed by atoms with Gasteiger partial charge in [0.2, 0.25) is 0 Å². The molecule has 0 aromatic heterocycles. The molecule has 0 aliphatic carbocycles. The van der Waals surface area contributed by atoms with E-state index in [9.17, 15) is 19.8 Å². The largest absolute Gasteiger partial charge is 0.478 e. The molecule has 182 valence electrons. The molecule has 0 heterocycles. The quantitative estimate of drug-likeness (QED) is 0.159. The molecular weight excluding hydrogens is 432 g/mol. The van der Waals surface area contributed by atoms with Crippen LogP contribution in [0, 0.1) is 0 Å². The van der Waals surface area contributed by atoms with E-state index < -0.39 is 11.9 Å². The van der Waals surface area contributed by atoms with Crippen molar-refractivity contribution in [2.75, 3.05) is 53.6 Å². The Morgan fingerprint density at radius 3 is 1.53 bits per heavy atom. The van der Waals surface area contributed by atoms with E-state index in [-0.39, 0.29) is 70.3 Å². The standard InChI is InChI=1S/C20H30O12/c21-3-1-5-27-11-31-13-29-9-15-7-16(19(23)24)18(17(8-15)20(25)26)10-30-14-32-12-28-6-2-4-22/h7-8,21-22H,1-6,9-14H2,(H,23,24)(H,25,26). The Morgan fingerprint density at radius 1 is 0.656 bits per heavy atom. The van der Waals surface area contributed by atoms with Crippen LogP contribution in [0.4, 0.5) is 0 Å². The van der Waals surface area contributed by atoms with E-state index in [4.69, 9.17) is 38.6 Å². The van der Waals surface area contributed by atoms with E-state index in [1.165, 1.54) is 12.1 Å². The molecule has 4 N–H and O–H groups in total. The van der Waals surface area contributed by atoms with Gasteiger partial charge in [-0.2, -0.15) is 0 Å². The summed E-state index contributed by atoms with van der Waals surface area (Å²) in [7, 11) is 0. The first-order valence-corrected chi connectivity index (χ1v) is 9.81. The molecule has 0 bridgehead atoms. The summed E-state index contributed by atoms with van der Waals surface area (Å²) < 4.78 is 30.8. The van der Waals surface area contributed by atoms with Gasteiger partial charge in [0, 0.05) is 18.8 Å². The maximum atomic E-state index is 11.7. The molecule has 0 saturated heterocycles. The number of carboxylic acids is 2. The van der Waals surface area contributed by atoms with Crippen LogP contribution in [0.25, 0.3) is 0 Å². The van der Waals surface area contributed by atoms with Gasteiger partial charge in [0.15, 0.2) is 0 Å². The fourth-order valence-electron chi connectivity index (χ4n) is 2.41. The van der Waals surface area contributed by atoms with E-state index in [1.54, 1.807) is 0 Å². The molecule has 0 aliphatic heterocycles. The van der Waals surface area contributed by atoms with Gasteiger partial charge in [-0.1, -0.05) is 0 Å². The molecule has 12 heteroatoms. The zero-order valence-corrected chi connectivity index (χ0v) is 17.7. The predicted octanol–water partition coefficient (Wildman–Crippen LogP) is 0.777. The highest BCUT2D eigenvalue weighted by Gasteiger charge is 2.20. The Hall–Kier alpha value is -2.16. The molecule has 0 aliphatic rings. The van der Waals surface area contributed by atoms with Crippen molar-refractivity contribution in [3.63, 3.8) is 0 Å². The van der Waals surface area contributed by atoms with Crippen LogP contribution < -0.4 is 0 Å². The molecule has 1 aromatic carbocycles. The molecule has 1 aromatic rings. The molecule has 0 fully saturated rings. The highest BCUT2D eigenvalue weighted by atomic mass is 16.7. The molecule has 0 saturated carbocycles. The van der Waals surface area contributed by atoms with Crippen LogP contribution in [-0.2, 0) is 41.6 Å². The predicted molar refractivity (Wildman–Crippen MR) is 107 cm³/mol. The molecule has 32 heavy (non-hydrogen) atoms. The Morgan fingerprint density at radius 2 is 1.09 bits per heavy atom. The Balaban J connectivity index is 2.60. The van der Waals surface area contributed by atoms with Gasteiger partial charge in [0.1, 0.15) is 27.2 Å². The van der Waals surface area contributed by atoms with E-state index in [1.807, 2.05) is 0 Å². The van der Waals surface area contributed by atoms with Crippen LogP contribution >= 0.6 is 0 Å². The fraction of sp³-hybridized carbons (Fsp3) is 0.600. The van der Waals surface area contributed by atoms with Crippen molar-refractivity contribution >= 4 is 11.9 Å². The van der Waals surface area contributed by atoms with Crippen molar-refractivity contribution in [3.8, 4) is 0 Å². The van der Waals surface area contributed by atoms with Crippen LogP contribution in [0.1, 0.15) is 44.7 Å². The van der Waals surface area contributed by atoms with Gasteiger partial charge in [-0.25, -0.2) is 9.59 Å². The number of aromatic carboxylic acids is 2. The maximum absolute atomic E-state index is 11.7. The molecule has 0 radical (unpaired) electrons. The number of benzene rings is 1. The van der Waals surface area contributed by atoms with Gasteiger partial charge in [-0.3, -0.25) is 0 Å². The van der Waals surface area contributed by atoms with Gasteiger partial charge in [-0.05, 0) is 30.5 Å². The lowest BCUT2D eigenvalue weighted by Crippen LogP contribution is -2.14. The summed E-state index contributed by atoms with van der Waals surface area (Å²) in [6.45, 7) is -0.204. The van der Waals surface area contributed by atoms with Crippen molar-refractivity contribution in [2.24, 2.45) is 0 Å². The van der Waals surface area contributed by atoms with E-state index in [2.05, 4.69) is 0 Å². The van der Waals surface area contributed by atoms with Gasteiger partial charge >= 0.3 is 11.9 Å². The normalized spacial score (nSPS) is 11.1. The van der Waals surface area contributed by atoms with E-state index >= 15 is 0 Å². The lowest BCUT2D eigenvalue weighted by atomic mass is 9.98. The van der Waals surface area contributed by atoms with Crippen LogP contribution in [0.3, 0.4) is 0 Å².